The molecule has 0 spiro atoms. The molecule has 1 amide bonds. The summed E-state index contributed by atoms with van der Waals surface area (Å²) in [5, 5.41) is 3.08. The average molecular weight is 233 g/mol. The molecule has 3 atom stereocenters. The van der Waals surface area contributed by atoms with Crippen molar-refractivity contribution in [3.05, 3.63) is 35.6 Å². The van der Waals surface area contributed by atoms with Crippen LogP contribution >= 0.6 is 0 Å². The van der Waals surface area contributed by atoms with E-state index in [9.17, 15) is 9.18 Å². The zero-order chi connectivity index (χ0) is 11.8. The third-order valence-electron chi connectivity index (χ3n) is 4.16. The second-order valence-corrected chi connectivity index (χ2v) is 5.26. The Labute approximate surface area is 100 Å². The first-order valence-corrected chi connectivity index (χ1v) is 6.29. The first-order valence-electron chi connectivity index (χ1n) is 6.29. The Morgan fingerprint density at radius 2 is 1.94 bits per heavy atom. The maximum atomic E-state index is 12.7. The van der Waals surface area contributed by atoms with Gasteiger partial charge in [0.25, 0.3) is 5.91 Å². The summed E-state index contributed by atoms with van der Waals surface area (Å²) in [6.07, 6.45) is 4.97. The molecular formula is C14H16FNO. The van der Waals surface area contributed by atoms with Crippen molar-refractivity contribution in [2.75, 3.05) is 0 Å². The van der Waals surface area contributed by atoms with Gasteiger partial charge in [0.2, 0.25) is 0 Å². The van der Waals surface area contributed by atoms with Gasteiger partial charge in [-0.25, -0.2) is 4.39 Å². The van der Waals surface area contributed by atoms with Crippen LogP contribution in [0.2, 0.25) is 0 Å². The van der Waals surface area contributed by atoms with Crippen LogP contribution in [0.3, 0.4) is 0 Å². The number of rotatable bonds is 2. The van der Waals surface area contributed by atoms with Crippen LogP contribution in [0.5, 0.6) is 0 Å². The molecule has 2 aliphatic carbocycles. The van der Waals surface area contributed by atoms with Crippen molar-refractivity contribution >= 4 is 5.91 Å². The lowest BCUT2D eigenvalue weighted by Crippen LogP contribution is -2.38. The summed E-state index contributed by atoms with van der Waals surface area (Å²) in [6.45, 7) is 0. The minimum Gasteiger partial charge on any atom is -0.349 e. The van der Waals surface area contributed by atoms with E-state index in [4.69, 9.17) is 0 Å². The SMILES string of the molecule is O=C(N[C@H]1C[C@H]2CC[C@H]1C2)c1ccc(F)cc1. The fourth-order valence-electron chi connectivity index (χ4n) is 3.27. The van der Waals surface area contributed by atoms with Gasteiger partial charge in [-0.1, -0.05) is 6.42 Å². The van der Waals surface area contributed by atoms with Crippen molar-refractivity contribution in [2.45, 2.75) is 31.7 Å². The van der Waals surface area contributed by atoms with Crippen molar-refractivity contribution in [3.8, 4) is 0 Å². The van der Waals surface area contributed by atoms with Crippen LogP contribution in [0.1, 0.15) is 36.0 Å². The summed E-state index contributed by atoms with van der Waals surface area (Å²) in [4.78, 5) is 12.0. The number of hydrogen-bond acceptors (Lipinski definition) is 1. The third-order valence-corrected chi connectivity index (χ3v) is 4.16. The molecule has 0 aliphatic heterocycles. The maximum absolute atomic E-state index is 12.7. The highest BCUT2D eigenvalue weighted by molar-refractivity contribution is 5.94. The van der Waals surface area contributed by atoms with Crippen molar-refractivity contribution < 1.29 is 9.18 Å². The maximum Gasteiger partial charge on any atom is 0.251 e. The predicted molar refractivity (Wildman–Crippen MR) is 63.1 cm³/mol. The van der Waals surface area contributed by atoms with Gasteiger partial charge in [-0.3, -0.25) is 4.79 Å². The molecule has 1 N–H and O–H groups in total. The Balaban J connectivity index is 1.65. The molecule has 0 unspecified atom stereocenters. The van der Waals surface area contributed by atoms with Gasteiger partial charge in [-0.05, 0) is 55.4 Å². The number of fused-ring (bicyclic) bond motifs is 2. The lowest BCUT2D eigenvalue weighted by Gasteiger charge is -2.22. The molecule has 0 aromatic heterocycles. The molecule has 2 saturated carbocycles. The number of hydrogen-bond donors (Lipinski definition) is 1. The second kappa shape index (κ2) is 4.13. The highest BCUT2D eigenvalue weighted by Crippen LogP contribution is 2.44. The number of benzene rings is 1. The summed E-state index contributed by atoms with van der Waals surface area (Å²) in [6, 6.07) is 6.08. The van der Waals surface area contributed by atoms with E-state index in [1.54, 1.807) is 0 Å². The lowest BCUT2D eigenvalue weighted by molar-refractivity contribution is 0.0923. The quantitative estimate of drug-likeness (QED) is 0.836. The fraction of sp³-hybridized carbons (Fsp3) is 0.500. The molecule has 2 nitrogen and oxygen atoms in total. The fourth-order valence-corrected chi connectivity index (χ4v) is 3.27. The normalized spacial score (nSPS) is 30.5. The number of nitrogens with one attached hydrogen (secondary N) is 1. The zero-order valence-corrected chi connectivity index (χ0v) is 9.66. The van der Waals surface area contributed by atoms with E-state index >= 15 is 0 Å². The highest BCUT2D eigenvalue weighted by atomic mass is 19.1. The van der Waals surface area contributed by atoms with Gasteiger partial charge in [-0.2, -0.15) is 0 Å². The van der Waals surface area contributed by atoms with Crippen LogP contribution in [0, 0.1) is 17.7 Å². The van der Waals surface area contributed by atoms with Crippen LogP contribution in [-0.2, 0) is 0 Å². The number of carbonyl (C=O) groups excluding carboxylic acids is 1. The molecular weight excluding hydrogens is 217 g/mol. The standard InChI is InChI=1S/C14H16FNO/c15-12-5-3-10(4-6-12)14(17)16-13-8-9-1-2-11(13)7-9/h3-6,9,11,13H,1-2,7-8H2,(H,16,17)/t9-,11-,13-/m0/s1. The van der Waals surface area contributed by atoms with E-state index in [0.717, 1.165) is 12.3 Å². The third kappa shape index (κ3) is 2.06. The smallest absolute Gasteiger partial charge is 0.251 e. The van der Waals surface area contributed by atoms with Gasteiger partial charge in [0.05, 0.1) is 0 Å². The zero-order valence-electron chi connectivity index (χ0n) is 9.66. The van der Waals surface area contributed by atoms with Crippen molar-refractivity contribution in [1.29, 1.82) is 0 Å². The summed E-state index contributed by atoms with van der Waals surface area (Å²) in [5.74, 6) is 1.12. The summed E-state index contributed by atoms with van der Waals surface area (Å²) in [5.41, 5.74) is 0.550. The van der Waals surface area contributed by atoms with Gasteiger partial charge >= 0.3 is 0 Å². The Bertz CT molecular complexity index is 428. The molecule has 90 valence electrons. The van der Waals surface area contributed by atoms with E-state index in [1.165, 1.54) is 43.5 Å². The van der Waals surface area contributed by atoms with Crippen molar-refractivity contribution in [1.82, 2.24) is 5.32 Å². The molecule has 0 heterocycles. The van der Waals surface area contributed by atoms with Crippen LogP contribution in [0.25, 0.3) is 0 Å². The lowest BCUT2D eigenvalue weighted by atomic mass is 9.95. The molecule has 0 radical (unpaired) electrons. The van der Waals surface area contributed by atoms with Crippen LogP contribution in [0.15, 0.2) is 24.3 Å². The van der Waals surface area contributed by atoms with Crippen LogP contribution in [-0.4, -0.2) is 11.9 Å². The summed E-state index contributed by atoms with van der Waals surface area (Å²) in [7, 11) is 0. The number of carbonyl (C=O) groups is 1. The number of amides is 1. The Kier molecular flexibility index (Phi) is 2.61. The van der Waals surface area contributed by atoms with E-state index < -0.39 is 0 Å². The van der Waals surface area contributed by atoms with E-state index in [0.29, 0.717) is 17.5 Å². The van der Waals surface area contributed by atoms with Crippen LogP contribution < -0.4 is 5.32 Å². The highest BCUT2D eigenvalue weighted by Gasteiger charge is 2.40. The summed E-state index contributed by atoms with van der Waals surface area (Å²) >= 11 is 0. The molecule has 1 aromatic rings. The van der Waals surface area contributed by atoms with Gasteiger partial charge in [0.1, 0.15) is 5.82 Å². The molecule has 3 heteroatoms. The monoisotopic (exact) mass is 233 g/mol. The Morgan fingerprint density at radius 3 is 2.53 bits per heavy atom. The average Bonchev–Trinajstić information content (AvgIpc) is 2.91. The summed E-state index contributed by atoms with van der Waals surface area (Å²) < 4.78 is 12.7. The Hall–Kier alpha value is -1.38. The van der Waals surface area contributed by atoms with E-state index in [-0.39, 0.29) is 11.7 Å². The van der Waals surface area contributed by atoms with Gasteiger partial charge in [-0.15, -0.1) is 0 Å². The van der Waals surface area contributed by atoms with Gasteiger partial charge in [0.15, 0.2) is 0 Å². The molecule has 0 saturated heterocycles. The first kappa shape index (κ1) is 10.8. The predicted octanol–water partition coefficient (Wildman–Crippen LogP) is 2.74. The van der Waals surface area contributed by atoms with Crippen molar-refractivity contribution in [2.24, 2.45) is 11.8 Å². The van der Waals surface area contributed by atoms with E-state index in [1.807, 2.05) is 0 Å². The largest absolute Gasteiger partial charge is 0.349 e. The van der Waals surface area contributed by atoms with Gasteiger partial charge in [0, 0.05) is 11.6 Å². The van der Waals surface area contributed by atoms with Crippen LogP contribution in [0.4, 0.5) is 4.39 Å². The Morgan fingerprint density at radius 1 is 1.18 bits per heavy atom. The molecule has 3 rings (SSSR count). The topological polar surface area (TPSA) is 29.1 Å². The molecule has 2 fully saturated rings. The molecule has 17 heavy (non-hydrogen) atoms. The molecule has 2 bridgehead atoms. The second-order valence-electron chi connectivity index (χ2n) is 5.26. The minimum absolute atomic E-state index is 0.0671. The van der Waals surface area contributed by atoms with Gasteiger partial charge < -0.3 is 5.32 Å². The van der Waals surface area contributed by atoms with Crippen molar-refractivity contribution in [3.63, 3.8) is 0 Å². The number of halogens is 1. The van der Waals surface area contributed by atoms with E-state index in [2.05, 4.69) is 5.32 Å². The first-order chi connectivity index (χ1) is 8.22. The molecule has 1 aromatic carbocycles. The molecule has 2 aliphatic rings. The minimum atomic E-state index is -0.304.